The first kappa shape index (κ1) is 19.3. The van der Waals surface area contributed by atoms with E-state index in [0.717, 1.165) is 19.3 Å². The highest BCUT2D eigenvalue weighted by Gasteiger charge is 2.26. The number of nitrogens with one attached hydrogen (secondary N) is 1. The van der Waals surface area contributed by atoms with E-state index in [-0.39, 0.29) is 42.7 Å². The second-order valence-corrected chi connectivity index (χ2v) is 5.32. The molecule has 1 aliphatic rings. The van der Waals surface area contributed by atoms with Gasteiger partial charge in [-0.3, -0.25) is 4.79 Å². The molecule has 23 heavy (non-hydrogen) atoms. The largest absolute Gasteiger partial charge is 0.327 e. The van der Waals surface area contributed by atoms with Crippen molar-refractivity contribution in [1.29, 1.82) is 0 Å². The van der Waals surface area contributed by atoms with Crippen LogP contribution in [0.15, 0.2) is 31.0 Å². The van der Waals surface area contributed by atoms with Crippen molar-refractivity contribution in [3.05, 3.63) is 31.0 Å². The summed E-state index contributed by atoms with van der Waals surface area (Å²) in [6, 6.07) is 3.72. The number of nitrogens with two attached hydrogens (primary N) is 1. The summed E-state index contributed by atoms with van der Waals surface area (Å²) in [4.78, 5) is 20.3. The molecule has 1 amide bonds. The lowest BCUT2D eigenvalue weighted by Gasteiger charge is -2.15. The van der Waals surface area contributed by atoms with Gasteiger partial charge >= 0.3 is 0 Å². The fourth-order valence-corrected chi connectivity index (χ4v) is 2.75. The molecule has 0 aliphatic heterocycles. The van der Waals surface area contributed by atoms with Crippen LogP contribution in [0.3, 0.4) is 0 Å². The van der Waals surface area contributed by atoms with Crippen molar-refractivity contribution in [2.24, 2.45) is 11.7 Å². The third kappa shape index (κ3) is 4.63. The molecule has 0 radical (unpaired) electrons. The Morgan fingerprint density at radius 3 is 2.87 bits per heavy atom. The van der Waals surface area contributed by atoms with Crippen LogP contribution in [0.2, 0.25) is 0 Å². The number of rotatable bonds is 4. The zero-order valence-corrected chi connectivity index (χ0v) is 14.1. The predicted octanol–water partition coefficient (Wildman–Crippen LogP) is 1.96. The second-order valence-electron chi connectivity index (χ2n) is 5.32. The standard InChI is InChI=1S/C14H18N6O.2ClH/c15-11-4-1-3-10(11)7-13(21)19-12-5-2-6-17-14(12)20-9-16-8-18-20;;/h2,5-6,8-11H,1,3-4,7,15H2,(H,19,21);2*1H/t10-,11+;;/m0../s1. The van der Waals surface area contributed by atoms with E-state index < -0.39 is 0 Å². The number of carbonyl (C=O) groups is 1. The molecule has 0 saturated heterocycles. The third-order valence-electron chi connectivity index (χ3n) is 3.86. The Hall–Kier alpha value is -1.70. The number of anilines is 1. The van der Waals surface area contributed by atoms with E-state index in [1.54, 1.807) is 24.7 Å². The predicted molar refractivity (Wildman–Crippen MR) is 92.2 cm³/mol. The molecule has 3 N–H and O–H groups in total. The molecule has 1 fully saturated rings. The van der Waals surface area contributed by atoms with Gasteiger partial charge in [-0.2, -0.15) is 5.10 Å². The Morgan fingerprint density at radius 2 is 2.22 bits per heavy atom. The van der Waals surface area contributed by atoms with Gasteiger partial charge in [-0.1, -0.05) is 6.42 Å². The van der Waals surface area contributed by atoms with Crippen LogP contribution >= 0.6 is 24.8 Å². The van der Waals surface area contributed by atoms with Crippen LogP contribution in [0.25, 0.3) is 5.82 Å². The average Bonchev–Trinajstić information content (AvgIpc) is 3.12. The van der Waals surface area contributed by atoms with Gasteiger partial charge in [-0.15, -0.1) is 24.8 Å². The van der Waals surface area contributed by atoms with Crippen molar-refractivity contribution in [3.63, 3.8) is 0 Å². The number of carbonyl (C=O) groups excluding carboxylic acids is 1. The molecule has 0 spiro atoms. The SMILES string of the molecule is Cl.Cl.N[C@@H]1CCC[C@H]1CC(=O)Nc1cccnc1-n1cncn1. The van der Waals surface area contributed by atoms with Crippen LogP contribution in [0.4, 0.5) is 5.69 Å². The zero-order valence-electron chi connectivity index (χ0n) is 12.5. The summed E-state index contributed by atoms with van der Waals surface area (Å²) in [6.07, 6.45) is 8.22. The fraction of sp³-hybridized carbons (Fsp3) is 0.429. The molecule has 1 aliphatic carbocycles. The number of aromatic nitrogens is 4. The molecule has 2 aromatic heterocycles. The third-order valence-corrected chi connectivity index (χ3v) is 3.86. The zero-order chi connectivity index (χ0) is 14.7. The van der Waals surface area contributed by atoms with E-state index in [0.29, 0.717) is 17.9 Å². The van der Waals surface area contributed by atoms with Crippen molar-refractivity contribution < 1.29 is 4.79 Å². The quantitative estimate of drug-likeness (QED) is 0.870. The number of hydrogen-bond acceptors (Lipinski definition) is 5. The molecule has 9 heteroatoms. The number of halogens is 2. The van der Waals surface area contributed by atoms with E-state index in [4.69, 9.17) is 5.73 Å². The van der Waals surface area contributed by atoms with Crippen molar-refractivity contribution in [2.75, 3.05) is 5.32 Å². The Balaban J connectivity index is 0.00000132. The van der Waals surface area contributed by atoms with E-state index in [1.807, 2.05) is 0 Å². The van der Waals surface area contributed by atoms with E-state index in [2.05, 4.69) is 20.4 Å². The summed E-state index contributed by atoms with van der Waals surface area (Å²) in [7, 11) is 0. The minimum absolute atomic E-state index is 0. The normalized spacial score (nSPS) is 19.5. The maximum atomic E-state index is 12.2. The van der Waals surface area contributed by atoms with Crippen LogP contribution in [-0.2, 0) is 4.79 Å². The van der Waals surface area contributed by atoms with E-state index in [1.165, 1.54) is 11.0 Å². The number of pyridine rings is 1. The van der Waals surface area contributed by atoms with Crippen LogP contribution in [-0.4, -0.2) is 31.7 Å². The molecule has 1 saturated carbocycles. The van der Waals surface area contributed by atoms with Crippen molar-refractivity contribution in [3.8, 4) is 5.82 Å². The Bertz CT molecular complexity index is 621. The average molecular weight is 359 g/mol. The van der Waals surface area contributed by atoms with E-state index in [9.17, 15) is 4.79 Å². The summed E-state index contributed by atoms with van der Waals surface area (Å²) in [5.74, 6) is 0.794. The summed E-state index contributed by atoms with van der Waals surface area (Å²) in [5, 5.41) is 6.94. The highest BCUT2D eigenvalue weighted by Crippen LogP contribution is 2.27. The Kier molecular flexibility index (Phi) is 7.41. The van der Waals surface area contributed by atoms with Gasteiger partial charge in [0.15, 0.2) is 5.82 Å². The Labute approximate surface area is 146 Å². The molecule has 3 rings (SSSR count). The lowest BCUT2D eigenvalue weighted by atomic mass is 10.00. The highest BCUT2D eigenvalue weighted by atomic mass is 35.5. The van der Waals surface area contributed by atoms with Crippen molar-refractivity contribution in [1.82, 2.24) is 19.7 Å². The first-order chi connectivity index (χ1) is 10.2. The first-order valence-electron chi connectivity index (χ1n) is 7.09. The molecular formula is C14H20Cl2N6O. The van der Waals surface area contributed by atoms with Crippen LogP contribution < -0.4 is 11.1 Å². The Morgan fingerprint density at radius 1 is 1.39 bits per heavy atom. The van der Waals surface area contributed by atoms with Crippen LogP contribution in [0.1, 0.15) is 25.7 Å². The molecular weight excluding hydrogens is 339 g/mol. The van der Waals surface area contributed by atoms with Crippen molar-refractivity contribution in [2.45, 2.75) is 31.7 Å². The maximum absolute atomic E-state index is 12.2. The smallest absolute Gasteiger partial charge is 0.224 e. The molecule has 2 atom stereocenters. The molecule has 2 aromatic rings. The van der Waals surface area contributed by atoms with Gasteiger partial charge in [0.05, 0.1) is 5.69 Å². The minimum atomic E-state index is -0.0354. The van der Waals surface area contributed by atoms with Gasteiger partial charge < -0.3 is 11.1 Å². The molecule has 0 aromatic carbocycles. The van der Waals surface area contributed by atoms with Gasteiger partial charge in [-0.25, -0.2) is 14.6 Å². The highest BCUT2D eigenvalue weighted by molar-refractivity contribution is 5.92. The van der Waals surface area contributed by atoms with Gasteiger partial charge in [0, 0.05) is 18.7 Å². The second kappa shape index (κ2) is 8.81. The maximum Gasteiger partial charge on any atom is 0.224 e. The molecule has 126 valence electrons. The van der Waals surface area contributed by atoms with Gasteiger partial charge in [-0.05, 0) is 30.9 Å². The minimum Gasteiger partial charge on any atom is -0.327 e. The first-order valence-corrected chi connectivity index (χ1v) is 7.09. The van der Waals surface area contributed by atoms with Crippen LogP contribution in [0, 0.1) is 5.92 Å². The number of nitrogens with zero attached hydrogens (tertiary/aromatic N) is 4. The molecule has 0 unspecified atom stereocenters. The van der Waals surface area contributed by atoms with Gasteiger partial charge in [0.25, 0.3) is 0 Å². The number of hydrogen-bond donors (Lipinski definition) is 2. The summed E-state index contributed by atoms with van der Waals surface area (Å²) in [6.45, 7) is 0. The fourth-order valence-electron chi connectivity index (χ4n) is 2.75. The number of amides is 1. The summed E-state index contributed by atoms with van der Waals surface area (Å²) < 4.78 is 1.52. The van der Waals surface area contributed by atoms with Crippen molar-refractivity contribution >= 4 is 36.4 Å². The monoisotopic (exact) mass is 358 g/mol. The molecule has 2 heterocycles. The molecule has 0 bridgehead atoms. The topological polar surface area (TPSA) is 98.7 Å². The van der Waals surface area contributed by atoms with Crippen LogP contribution in [0.5, 0.6) is 0 Å². The van der Waals surface area contributed by atoms with Gasteiger partial charge in [0.1, 0.15) is 12.7 Å². The van der Waals surface area contributed by atoms with Gasteiger partial charge in [0.2, 0.25) is 5.91 Å². The molecule has 7 nitrogen and oxygen atoms in total. The summed E-state index contributed by atoms with van der Waals surface area (Å²) >= 11 is 0. The van der Waals surface area contributed by atoms with E-state index >= 15 is 0 Å². The summed E-state index contributed by atoms with van der Waals surface area (Å²) in [5.41, 5.74) is 6.64. The lowest BCUT2D eigenvalue weighted by molar-refractivity contribution is -0.117. The lowest BCUT2D eigenvalue weighted by Crippen LogP contribution is -2.28.